The zero-order valence-electron chi connectivity index (χ0n) is 9.85. The quantitative estimate of drug-likeness (QED) is 0.312. The van der Waals surface area contributed by atoms with Crippen LogP contribution in [0.1, 0.15) is 20.7 Å². The summed E-state index contributed by atoms with van der Waals surface area (Å²) in [6.07, 6.45) is 0. The number of hydrogen-bond acceptors (Lipinski definition) is 6. The fourth-order valence-corrected chi connectivity index (χ4v) is 1.85. The summed E-state index contributed by atoms with van der Waals surface area (Å²) >= 11 is 10.7. The molecule has 4 N–H and O–H groups in total. The van der Waals surface area contributed by atoms with Gasteiger partial charge in [0.05, 0.1) is 29.0 Å². The normalized spacial score (nSPS) is 13.9. The van der Waals surface area contributed by atoms with Crippen LogP contribution in [0.3, 0.4) is 0 Å². The molecule has 0 aliphatic heterocycles. The third-order valence-corrected chi connectivity index (χ3v) is 2.95. The van der Waals surface area contributed by atoms with Gasteiger partial charge in [-0.2, -0.15) is 10.5 Å². The minimum atomic E-state index is -1.49. The van der Waals surface area contributed by atoms with E-state index < -0.39 is 45.2 Å². The van der Waals surface area contributed by atoms with Gasteiger partial charge in [-0.1, -0.05) is 0 Å². The number of rotatable bonds is 6. The van der Waals surface area contributed by atoms with Crippen molar-refractivity contribution >= 4 is 46.1 Å². The molecule has 0 fully saturated rings. The first-order chi connectivity index (χ1) is 9.33. The smallest absolute Gasteiger partial charge is 0.183 e. The Morgan fingerprint density at radius 2 is 1.30 bits per heavy atom. The molecule has 1 rings (SSSR count). The van der Waals surface area contributed by atoms with Gasteiger partial charge in [-0.15, -0.1) is 23.2 Å². The largest absolute Gasteiger partial charge is 0.595 e. The molecular weight excluding hydrogens is 315 g/mol. The SMILES string of the molecule is O=C(CCl)c1cc(C(=O)CCl)c([NH+]([O-])O)cc1[NH+]([O-])O. The Hall–Kier alpha value is -1.10. The van der Waals surface area contributed by atoms with Crippen LogP contribution >= 0.6 is 23.2 Å². The van der Waals surface area contributed by atoms with E-state index in [1.54, 1.807) is 0 Å². The van der Waals surface area contributed by atoms with Crippen LogP contribution in [0.5, 0.6) is 0 Å². The van der Waals surface area contributed by atoms with Gasteiger partial charge in [0.25, 0.3) is 0 Å². The van der Waals surface area contributed by atoms with E-state index in [4.69, 9.17) is 33.6 Å². The third kappa shape index (κ3) is 3.51. The minimum absolute atomic E-state index is 0.328. The lowest BCUT2D eigenvalue weighted by atomic mass is 10.0. The Labute approximate surface area is 122 Å². The Morgan fingerprint density at radius 1 is 0.950 bits per heavy atom. The lowest BCUT2D eigenvalue weighted by Gasteiger charge is -2.20. The van der Waals surface area contributed by atoms with Crippen LogP contribution in [0.25, 0.3) is 0 Å². The Morgan fingerprint density at radius 3 is 1.55 bits per heavy atom. The van der Waals surface area contributed by atoms with Crippen LogP contribution < -0.4 is 10.5 Å². The summed E-state index contributed by atoms with van der Waals surface area (Å²) in [6.45, 7) is 0. The molecule has 8 nitrogen and oxygen atoms in total. The number of quaternary nitrogens is 2. The Kier molecular flexibility index (Phi) is 5.99. The Bertz CT molecular complexity index is 491. The zero-order valence-corrected chi connectivity index (χ0v) is 11.4. The molecule has 10 heteroatoms. The van der Waals surface area contributed by atoms with Crippen LogP contribution in [0.15, 0.2) is 12.1 Å². The van der Waals surface area contributed by atoms with Crippen LogP contribution in [0.2, 0.25) is 0 Å². The molecular formula is C10H10Cl2N2O6. The van der Waals surface area contributed by atoms with Gasteiger partial charge < -0.3 is 10.4 Å². The highest BCUT2D eigenvalue weighted by atomic mass is 35.5. The highest BCUT2D eigenvalue weighted by molar-refractivity contribution is 6.32. The summed E-state index contributed by atoms with van der Waals surface area (Å²) in [6, 6.07) is 1.66. The van der Waals surface area contributed by atoms with Gasteiger partial charge in [-0.25, -0.2) is 10.4 Å². The van der Waals surface area contributed by atoms with Crippen LogP contribution in [0.4, 0.5) is 11.4 Å². The number of hydrogen-bond donors (Lipinski definition) is 4. The maximum atomic E-state index is 11.6. The average molecular weight is 325 g/mol. The molecule has 1 aromatic rings. The van der Waals surface area contributed by atoms with Gasteiger partial charge in [-0.05, 0) is 6.07 Å². The van der Waals surface area contributed by atoms with Crippen molar-refractivity contribution in [3.05, 3.63) is 33.7 Å². The van der Waals surface area contributed by atoms with Gasteiger partial charge in [0, 0.05) is 0 Å². The molecule has 110 valence electrons. The van der Waals surface area contributed by atoms with E-state index in [9.17, 15) is 20.0 Å². The van der Waals surface area contributed by atoms with Crippen molar-refractivity contribution in [2.24, 2.45) is 0 Å². The number of nitrogens with one attached hydrogen (secondary N) is 2. The molecule has 0 saturated carbocycles. The third-order valence-electron chi connectivity index (χ3n) is 2.46. The monoisotopic (exact) mass is 324 g/mol. The number of benzene rings is 1. The first kappa shape index (κ1) is 17.0. The fraction of sp³-hybridized carbons (Fsp3) is 0.200. The summed E-state index contributed by atoms with van der Waals surface area (Å²) in [7, 11) is 0. The lowest BCUT2D eigenvalue weighted by Crippen LogP contribution is -3.01. The summed E-state index contributed by atoms with van der Waals surface area (Å²) in [4.78, 5) is 23.2. The second-order valence-electron chi connectivity index (χ2n) is 3.67. The van der Waals surface area contributed by atoms with Crippen molar-refractivity contribution in [3.8, 4) is 0 Å². The number of halogens is 2. The molecule has 0 saturated heterocycles. The highest BCUT2D eigenvalue weighted by Gasteiger charge is 2.25. The van der Waals surface area contributed by atoms with Crippen LogP contribution in [-0.4, -0.2) is 33.7 Å². The molecule has 0 bridgehead atoms. The molecule has 1 aromatic carbocycles. The molecule has 0 aliphatic rings. The maximum Gasteiger partial charge on any atom is 0.183 e. The lowest BCUT2D eigenvalue weighted by molar-refractivity contribution is -0.996. The van der Waals surface area contributed by atoms with Crippen molar-refractivity contribution in [1.29, 1.82) is 0 Å². The first-order valence-corrected chi connectivity index (χ1v) is 6.23. The molecule has 0 amide bonds. The summed E-state index contributed by atoms with van der Waals surface area (Å²) in [5.41, 5.74) is -1.71. The molecule has 0 aliphatic carbocycles. The molecule has 2 unspecified atom stereocenters. The minimum Gasteiger partial charge on any atom is -0.595 e. The standard InChI is InChI=1S/C10H10Cl2N2O6/c11-3-9(15)5-1-6(10(16)4-12)8(14(19)20)2-7(5)13(17)18/h1-2,13-14,17,19H,3-4H2. The van der Waals surface area contributed by atoms with Gasteiger partial charge in [0.1, 0.15) is 0 Å². The summed E-state index contributed by atoms with van der Waals surface area (Å²) < 4.78 is 0. The maximum absolute atomic E-state index is 11.6. The second-order valence-corrected chi connectivity index (χ2v) is 4.20. The van der Waals surface area contributed by atoms with E-state index in [1.807, 2.05) is 0 Å². The number of alkyl halides is 2. The predicted molar refractivity (Wildman–Crippen MR) is 68.1 cm³/mol. The molecule has 0 spiro atoms. The number of Topliss-reactive ketones (excluding diaryl/α,β-unsaturated/α-hetero) is 2. The highest BCUT2D eigenvalue weighted by Crippen LogP contribution is 2.22. The van der Waals surface area contributed by atoms with Crippen molar-refractivity contribution in [3.63, 3.8) is 0 Å². The number of carbonyl (C=O) groups excluding carboxylic acids is 2. The van der Waals surface area contributed by atoms with Crippen LogP contribution in [0, 0.1) is 10.4 Å². The van der Waals surface area contributed by atoms with Crippen LogP contribution in [-0.2, 0) is 0 Å². The van der Waals surface area contributed by atoms with Gasteiger partial charge >= 0.3 is 0 Å². The second kappa shape index (κ2) is 7.07. The number of ketones is 2. The first-order valence-electron chi connectivity index (χ1n) is 5.16. The van der Waals surface area contributed by atoms with Crippen molar-refractivity contribution in [2.45, 2.75) is 0 Å². The van der Waals surface area contributed by atoms with Gasteiger partial charge in [-0.3, -0.25) is 9.59 Å². The van der Waals surface area contributed by atoms with E-state index in [1.165, 1.54) is 0 Å². The predicted octanol–water partition coefficient (Wildman–Crippen LogP) is -0.664. The van der Waals surface area contributed by atoms with E-state index in [-0.39, 0.29) is 11.1 Å². The number of carbonyl (C=O) groups is 2. The average Bonchev–Trinajstić information content (AvgIpc) is 2.43. The molecule has 2 atom stereocenters. The zero-order chi connectivity index (χ0) is 15.4. The fourth-order valence-electron chi connectivity index (χ4n) is 1.56. The Balaban J connectivity index is 3.59. The van der Waals surface area contributed by atoms with E-state index in [0.717, 1.165) is 12.1 Å². The van der Waals surface area contributed by atoms with Gasteiger partial charge in [0.2, 0.25) is 0 Å². The summed E-state index contributed by atoms with van der Waals surface area (Å²) in [5, 5.41) is 37.2. The van der Waals surface area contributed by atoms with Gasteiger partial charge in [0.15, 0.2) is 22.9 Å². The van der Waals surface area contributed by atoms with Crippen molar-refractivity contribution < 1.29 is 30.5 Å². The molecule has 0 heterocycles. The van der Waals surface area contributed by atoms with E-state index in [0.29, 0.717) is 0 Å². The molecule has 20 heavy (non-hydrogen) atoms. The van der Waals surface area contributed by atoms with E-state index >= 15 is 0 Å². The topological polar surface area (TPSA) is 130 Å². The van der Waals surface area contributed by atoms with Crippen molar-refractivity contribution in [2.75, 3.05) is 11.8 Å². The van der Waals surface area contributed by atoms with Crippen molar-refractivity contribution in [1.82, 2.24) is 0 Å². The van der Waals surface area contributed by atoms with E-state index in [2.05, 4.69) is 0 Å². The summed E-state index contributed by atoms with van der Waals surface area (Å²) in [5.74, 6) is -2.46. The molecule has 0 aromatic heterocycles. The molecule has 0 radical (unpaired) electrons.